The Kier molecular flexibility index (Phi) is 8.17. The van der Waals surface area contributed by atoms with Gasteiger partial charge in [-0.3, -0.25) is 4.79 Å². The van der Waals surface area contributed by atoms with Gasteiger partial charge >= 0.3 is 5.97 Å². The SMILES string of the molecule is COCCOc1ccc(S(=O)(=O)NCC(CC(C)C)C(=O)O)cc1. The second-order valence-electron chi connectivity index (χ2n) is 5.83. The number of carboxylic acids is 1. The lowest BCUT2D eigenvalue weighted by molar-refractivity contribution is -0.142. The smallest absolute Gasteiger partial charge is 0.307 e. The number of hydrogen-bond donors (Lipinski definition) is 2. The highest BCUT2D eigenvalue weighted by atomic mass is 32.2. The second kappa shape index (κ2) is 9.61. The van der Waals surface area contributed by atoms with E-state index in [4.69, 9.17) is 14.6 Å². The normalized spacial score (nSPS) is 13.0. The first-order valence-electron chi connectivity index (χ1n) is 7.70. The number of aliphatic carboxylic acids is 1. The Morgan fingerprint density at radius 2 is 1.83 bits per heavy atom. The Morgan fingerprint density at radius 1 is 1.21 bits per heavy atom. The number of hydrogen-bond acceptors (Lipinski definition) is 5. The first-order valence-corrected chi connectivity index (χ1v) is 9.19. The highest BCUT2D eigenvalue weighted by Crippen LogP contribution is 2.17. The molecule has 2 N–H and O–H groups in total. The van der Waals surface area contributed by atoms with Gasteiger partial charge in [0.25, 0.3) is 0 Å². The van der Waals surface area contributed by atoms with Crippen molar-refractivity contribution in [2.24, 2.45) is 11.8 Å². The van der Waals surface area contributed by atoms with E-state index in [-0.39, 0.29) is 17.4 Å². The molecule has 0 radical (unpaired) electrons. The van der Waals surface area contributed by atoms with Gasteiger partial charge in [-0.05, 0) is 36.6 Å². The van der Waals surface area contributed by atoms with Crippen molar-refractivity contribution < 1.29 is 27.8 Å². The van der Waals surface area contributed by atoms with E-state index >= 15 is 0 Å². The van der Waals surface area contributed by atoms with Crippen LogP contribution >= 0.6 is 0 Å². The van der Waals surface area contributed by atoms with Crippen molar-refractivity contribution in [2.45, 2.75) is 25.2 Å². The third-order valence-electron chi connectivity index (χ3n) is 3.32. The molecule has 1 aromatic rings. The molecule has 0 heterocycles. The minimum atomic E-state index is -3.76. The van der Waals surface area contributed by atoms with E-state index in [1.807, 2.05) is 13.8 Å². The Balaban J connectivity index is 2.68. The summed E-state index contributed by atoms with van der Waals surface area (Å²) in [6.45, 7) is 4.46. The summed E-state index contributed by atoms with van der Waals surface area (Å²) >= 11 is 0. The third kappa shape index (κ3) is 6.86. The molecule has 1 atom stereocenters. The van der Waals surface area contributed by atoms with Crippen molar-refractivity contribution in [1.29, 1.82) is 0 Å². The van der Waals surface area contributed by atoms with Gasteiger partial charge in [0.1, 0.15) is 12.4 Å². The summed E-state index contributed by atoms with van der Waals surface area (Å²) in [5.74, 6) is -1.06. The van der Waals surface area contributed by atoms with E-state index < -0.39 is 21.9 Å². The molecule has 0 aliphatic heterocycles. The van der Waals surface area contributed by atoms with Crippen molar-refractivity contribution in [3.05, 3.63) is 24.3 Å². The summed E-state index contributed by atoms with van der Waals surface area (Å²) in [5, 5.41) is 9.17. The number of carboxylic acid groups (broad SMARTS) is 1. The summed E-state index contributed by atoms with van der Waals surface area (Å²) in [7, 11) is -2.20. The van der Waals surface area contributed by atoms with Crippen LogP contribution in [0.2, 0.25) is 0 Å². The molecule has 0 amide bonds. The zero-order valence-electron chi connectivity index (χ0n) is 14.2. The molecule has 24 heavy (non-hydrogen) atoms. The van der Waals surface area contributed by atoms with Crippen LogP contribution < -0.4 is 9.46 Å². The van der Waals surface area contributed by atoms with Crippen LogP contribution in [-0.2, 0) is 19.6 Å². The molecular weight excluding hydrogens is 334 g/mol. The lowest BCUT2D eigenvalue weighted by Crippen LogP contribution is -2.33. The number of rotatable bonds is 11. The summed E-state index contributed by atoms with van der Waals surface area (Å²) in [5.41, 5.74) is 0. The average molecular weight is 359 g/mol. The van der Waals surface area contributed by atoms with Crippen molar-refractivity contribution in [2.75, 3.05) is 26.9 Å². The minimum Gasteiger partial charge on any atom is -0.491 e. The maximum atomic E-state index is 12.3. The van der Waals surface area contributed by atoms with Crippen LogP contribution in [0.3, 0.4) is 0 Å². The first kappa shape index (κ1) is 20.4. The fraction of sp³-hybridized carbons (Fsp3) is 0.562. The molecule has 8 heteroatoms. The van der Waals surface area contributed by atoms with E-state index in [0.29, 0.717) is 25.4 Å². The molecule has 0 saturated heterocycles. The predicted molar refractivity (Wildman–Crippen MR) is 89.6 cm³/mol. The number of nitrogens with one attached hydrogen (secondary N) is 1. The zero-order valence-corrected chi connectivity index (χ0v) is 15.0. The first-order chi connectivity index (χ1) is 11.3. The second-order valence-corrected chi connectivity index (χ2v) is 7.60. The molecule has 0 spiro atoms. The van der Waals surface area contributed by atoms with Gasteiger partial charge in [0.2, 0.25) is 10.0 Å². The maximum Gasteiger partial charge on any atom is 0.307 e. The van der Waals surface area contributed by atoms with E-state index in [2.05, 4.69) is 4.72 Å². The largest absolute Gasteiger partial charge is 0.491 e. The van der Waals surface area contributed by atoms with Gasteiger partial charge in [-0.15, -0.1) is 0 Å². The van der Waals surface area contributed by atoms with E-state index in [1.165, 1.54) is 12.1 Å². The molecule has 0 bridgehead atoms. The zero-order chi connectivity index (χ0) is 18.2. The predicted octanol–water partition coefficient (Wildman–Crippen LogP) is 1.74. The highest BCUT2D eigenvalue weighted by Gasteiger charge is 2.22. The molecule has 0 saturated carbocycles. The quantitative estimate of drug-likeness (QED) is 0.584. The van der Waals surface area contributed by atoms with Crippen LogP contribution in [0.25, 0.3) is 0 Å². The van der Waals surface area contributed by atoms with E-state index in [0.717, 1.165) is 0 Å². The van der Waals surface area contributed by atoms with Crippen LogP contribution in [0, 0.1) is 11.8 Å². The number of methoxy groups -OCH3 is 1. The number of ether oxygens (including phenoxy) is 2. The summed E-state index contributed by atoms with van der Waals surface area (Å²) in [6, 6.07) is 5.94. The fourth-order valence-corrected chi connectivity index (χ4v) is 3.17. The van der Waals surface area contributed by atoms with Crippen LogP contribution in [0.5, 0.6) is 5.75 Å². The van der Waals surface area contributed by atoms with Gasteiger partial charge < -0.3 is 14.6 Å². The summed E-state index contributed by atoms with van der Waals surface area (Å²) in [4.78, 5) is 11.3. The molecule has 1 rings (SSSR count). The Morgan fingerprint density at radius 3 is 2.33 bits per heavy atom. The summed E-state index contributed by atoms with van der Waals surface area (Å²) in [6.07, 6.45) is 0.407. The van der Waals surface area contributed by atoms with Crippen molar-refractivity contribution in [3.8, 4) is 5.75 Å². The van der Waals surface area contributed by atoms with Gasteiger partial charge in [-0.2, -0.15) is 0 Å². The lowest BCUT2D eigenvalue weighted by atomic mass is 9.98. The fourth-order valence-electron chi connectivity index (χ4n) is 2.09. The molecule has 0 aromatic heterocycles. The van der Waals surface area contributed by atoms with Crippen LogP contribution in [0.4, 0.5) is 0 Å². The van der Waals surface area contributed by atoms with Gasteiger partial charge in [0.05, 0.1) is 17.4 Å². The number of benzene rings is 1. The van der Waals surface area contributed by atoms with E-state index in [9.17, 15) is 13.2 Å². The summed E-state index contributed by atoms with van der Waals surface area (Å²) < 4.78 is 37.1. The topological polar surface area (TPSA) is 102 Å². The van der Waals surface area contributed by atoms with Crippen LogP contribution in [-0.4, -0.2) is 46.4 Å². The van der Waals surface area contributed by atoms with Crippen LogP contribution in [0.15, 0.2) is 29.2 Å². The third-order valence-corrected chi connectivity index (χ3v) is 4.75. The molecule has 0 fully saturated rings. The van der Waals surface area contributed by atoms with Gasteiger partial charge in [-0.1, -0.05) is 13.8 Å². The molecule has 1 unspecified atom stereocenters. The molecule has 1 aromatic carbocycles. The van der Waals surface area contributed by atoms with Crippen LogP contribution in [0.1, 0.15) is 20.3 Å². The van der Waals surface area contributed by atoms with Crippen molar-refractivity contribution in [1.82, 2.24) is 4.72 Å². The van der Waals surface area contributed by atoms with Gasteiger partial charge in [0, 0.05) is 13.7 Å². The molecular formula is C16H25NO6S. The Bertz CT molecular complexity index is 612. The molecule has 0 aliphatic rings. The Hall–Kier alpha value is -1.64. The number of sulfonamides is 1. The standard InChI is InChI=1S/C16H25NO6S/c1-12(2)10-13(16(18)19)11-17-24(20,21)15-6-4-14(5-7-15)23-9-8-22-3/h4-7,12-13,17H,8-11H2,1-3H3,(H,18,19). The highest BCUT2D eigenvalue weighted by molar-refractivity contribution is 7.89. The van der Waals surface area contributed by atoms with E-state index in [1.54, 1.807) is 19.2 Å². The minimum absolute atomic E-state index is 0.0651. The van der Waals surface area contributed by atoms with Crippen molar-refractivity contribution >= 4 is 16.0 Å². The average Bonchev–Trinajstić information content (AvgIpc) is 2.51. The Labute approximate surface area is 143 Å². The monoisotopic (exact) mass is 359 g/mol. The van der Waals surface area contributed by atoms with Gasteiger partial charge in [0.15, 0.2) is 0 Å². The lowest BCUT2D eigenvalue weighted by Gasteiger charge is -2.15. The molecule has 7 nitrogen and oxygen atoms in total. The van der Waals surface area contributed by atoms with Crippen molar-refractivity contribution in [3.63, 3.8) is 0 Å². The van der Waals surface area contributed by atoms with Gasteiger partial charge in [-0.25, -0.2) is 13.1 Å². The molecule has 136 valence electrons. The molecule has 0 aliphatic carbocycles. The maximum absolute atomic E-state index is 12.3. The number of carbonyl (C=O) groups is 1.